The summed E-state index contributed by atoms with van der Waals surface area (Å²) in [5.41, 5.74) is 9.22. The molecule has 0 unspecified atom stereocenters. The van der Waals surface area contributed by atoms with Crippen molar-refractivity contribution in [2.75, 3.05) is 5.73 Å². The number of halogens is 1. The van der Waals surface area contributed by atoms with Crippen LogP contribution in [0.3, 0.4) is 0 Å². The Labute approximate surface area is 175 Å². The van der Waals surface area contributed by atoms with Gasteiger partial charge in [-0.15, -0.1) is 0 Å². The largest absolute Gasteiger partial charge is 0.383 e. The third-order valence-corrected chi connectivity index (χ3v) is 5.79. The Morgan fingerprint density at radius 2 is 2.07 bits per heavy atom. The average Bonchev–Trinajstić information content (AvgIpc) is 3.48. The molecule has 5 rings (SSSR count). The van der Waals surface area contributed by atoms with Crippen molar-refractivity contribution in [3.8, 4) is 0 Å². The highest BCUT2D eigenvalue weighted by molar-refractivity contribution is 9.10. The Morgan fingerprint density at radius 3 is 2.79 bits per heavy atom. The maximum Gasteiger partial charge on any atom is 0.254 e. The summed E-state index contributed by atoms with van der Waals surface area (Å²) >= 11 is 3.40. The van der Waals surface area contributed by atoms with E-state index in [-0.39, 0.29) is 11.9 Å². The Balaban J connectivity index is 1.55. The SMILES string of the molecule is Cn1ncc2c(N)nc3ccc(C(=O)N(Cc4ccc(Br)cn4)C4CC4)cc3c21. The first-order chi connectivity index (χ1) is 14.0. The molecule has 0 radical (unpaired) electrons. The summed E-state index contributed by atoms with van der Waals surface area (Å²) in [6.07, 6.45) is 5.53. The van der Waals surface area contributed by atoms with Crippen LogP contribution in [-0.2, 0) is 13.6 Å². The lowest BCUT2D eigenvalue weighted by Crippen LogP contribution is -2.32. The first kappa shape index (κ1) is 18.1. The highest BCUT2D eigenvalue weighted by Crippen LogP contribution is 2.32. The molecule has 1 aliphatic carbocycles. The number of nitrogens with two attached hydrogens (primary N) is 1. The summed E-state index contributed by atoms with van der Waals surface area (Å²) in [4.78, 5) is 24.2. The number of aryl methyl sites for hydroxylation is 1. The van der Waals surface area contributed by atoms with Gasteiger partial charge in [-0.25, -0.2) is 4.98 Å². The van der Waals surface area contributed by atoms with Gasteiger partial charge in [-0.3, -0.25) is 14.5 Å². The van der Waals surface area contributed by atoms with Gasteiger partial charge in [-0.05, 0) is 59.1 Å². The molecule has 3 heterocycles. The van der Waals surface area contributed by atoms with E-state index < -0.39 is 0 Å². The van der Waals surface area contributed by atoms with Crippen LogP contribution in [0.15, 0.2) is 47.2 Å². The lowest BCUT2D eigenvalue weighted by molar-refractivity contribution is 0.0728. The van der Waals surface area contributed by atoms with E-state index in [1.54, 1.807) is 17.1 Å². The van der Waals surface area contributed by atoms with Crippen LogP contribution in [-0.4, -0.2) is 36.6 Å². The third-order valence-electron chi connectivity index (χ3n) is 5.32. The van der Waals surface area contributed by atoms with Gasteiger partial charge in [0.25, 0.3) is 5.91 Å². The van der Waals surface area contributed by atoms with Crippen LogP contribution in [0.1, 0.15) is 28.9 Å². The number of benzene rings is 1. The molecule has 1 saturated carbocycles. The van der Waals surface area contributed by atoms with E-state index in [1.807, 2.05) is 42.3 Å². The molecule has 2 N–H and O–H groups in total. The van der Waals surface area contributed by atoms with Gasteiger partial charge in [-0.1, -0.05) is 0 Å². The highest BCUT2D eigenvalue weighted by Gasteiger charge is 2.33. The predicted octanol–water partition coefficient (Wildman–Crippen LogP) is 3.67. The second kappa shape index (κ2) is 6.81. The second-order valence-corrected chi connectivity index (χ2v) is 8.31. The Morgan fingerprint density at radius 1 is 1.24 bits per heavy atom. The van der Waals surface area contributed by atoms with Crippen LogP contribution in [0.5, 0.6) is 0 Å². The Bertz CT molecular complexity index is 1250. The van der Waals surface area contributed by atoms with Crippen molar-refractivity contribution < 1.29 is 4.79 Å². The van der Waals surface area contributed by atoms with Crippen LogP contribution >= 0.6 is 15.9 Å². The van der Waals surface area contributed by atoms with Crippen LogP contribution in [0.2, 0.25) is 0 Å². The molecule has 4 aromatic rings. The van der Waals surface area contributed by atoms with Crippen LogP contribution in [0, 0.1) is 0 Å². The number of carbonyl (C=O) groups excluding carboxylic acids is 1. The van der Waals surface area contributed by atoms with Crippen LogP contribution in [0.25, 0.3) is 21.8 Å². The minimum Gasteiger partial charge on any atom is -0.383 e. The number of nitrogens with zero attached hydrogens (tertiary/aromatic N) is 5. The zero-order chi connectivity index (χ0) is 20.1. The van der Waals surface area contributed by atoms with E-state index >= 15 is 0 Å². The first-order valence-electron chi connectivity index (χ1n) is 9.43. The van der Waals surface area contributed by atoms with E-state index in [0.29, 0.717) is 17.9 Å². The summed E-state index contributed by atoms with van der Waals surface area (Å²) in [6, 6.07) is 9.74. The van der Waals surface area contributed by atoms with E-state index in [2.05, 4.69) is 31.0 Å². The molecule has 0 spiro atoms. The molecule has 7 nitrogen and oxygen atoms in total. The fourth-order valence-corrected chi connectivity index (χ4v) is 3.92. The maximum atomic E-state index is 13.4. The summed E-state index contributed by atoms with van der Waals surface area (Å²) < 4.78 is 2.70. The number of fused-ring (bicyclic) bond motifs is 3. The minimum atomic E-state index is 0.00580. The van der Waals surface area contributed by atoms with Crippen molar-refractivity contribution in [2.45, 2.75) is 25.4 Å². The molecule has 146 valence electrons. The maximum absolute atomic E-state index is 13.4. The number of carbonyl (C=O) groups is 1. The van der Waals surface area contributed by atoms with Crippen molar-refractivity contribution in [1.29, 1.82) is 0 Å². The number of aromatic nitrogens is 4. The van der Waals surface area contributed by atoms with Gasteiger partial charge in [-0.2, -0.15) is 5.10 Å². The van der Waals surface area contributed by atoms with Crippen molar-refractivity contribution >= 4 is 49.5 Å². The van der Waals surface area contributed by atoms with Gasteiger partial charge in [0.15, 0.2) is 0 Å². The predicted molar refractivity (Wildman–Crippen MR) is 115 cm³/mol. The quantitative estimate of drug-likeness (QED) is 0.512. The molecule has 1 aromatic carbocycles. The van der Waals surface area contributed by atoms with Gasteiger partial charge < -0.3 is 10.6 Å². The third kappa shape index (κ3) is 3.23. The number of amides is 1. The molecule has 29 heavy (non-hydrogen) atoms. The number of anilines is 1. The van der Waals surface area contributed by atoms with E-state index in [0.717, 1.165) is 44.8 Å². The lowest BCUT2D eigenvalue weighted by atomic mass is 10.1. The van der Waals surface area contributed by atoms with Gasteiger partial charge in [0, 0.05) is 34.7 Å². The van der Waals surface area contributed by atoms with E-state index in [9.17, 15) is 4.79 Å². The summed E-state index contributed by atoms with van der Waals surface area (Å²) in [7, 11) is 1.87. The average molecular weight is 451 g/mol. The molecule has 1 aliphatic rings. The van der Waals surface area contributed by atoms with Crippen molar-refractivity contribution in [1.82, 2.24) is 24.6 Å². The number of rotatable bonds is 4. The Kier molecular flexibility index (Phi) is 4.24. The molecule has 0 atom stereocenters. The molecule has 1 fully saturated rings. The second-order valence-electron chi connectivity index (χ2n) is 7.39. The molecule has 1 amide bonds. The fraction of sp³-hybridized carbons (Fsp3) is 0.238. The number of hydrogen-bond donors (Lipinski definition) is 1. The summed E-state index contributed by atoms with van der Waals surface area (Å²) in [6.45, 7) is 0.496. The number of hydrogen-bond acceptors (Lipinski definition) is 5. The van der Waals surface area contributed by atoms with Gasteiger partial charge in [0.1, 0.15) is 5.82 Å². The van der Waals surface area contributed by atoms with Crippen LogP contribution in [0.4, 0.5) is 5.82 Å². The summed E-state index contributed by atoms with van der Waals surface area (Å²) in [5, 5.41) is 5.97. The van der Waals surface area contributed by atoms with Gasteiger partial charge in [0.2, 0.25) is 0 Å². The normalized spacial score (nSPS) is 13.9. The smallest absolute Gasteiger partial charge is 0.254 e. The number of pyridine rings is 2. The fourth-order valence-electron chi connectivity index (χ4n) is 3.68. The van der Waals surface area contributed by atoms with E-state index in [4.69, 9.17) is 5.73 Å². The monoisotopic (exact) mass is 450 g/mol. The Hall–Kier alpha value is -3.00. The lowest BCUT2D eigenvalue weighted by Gasteiger charge is -2.22. The molecule has 0 saturated heterocycles. The van der Waals surface area contributed by atoms with Gasteiger partial charge >= 0.3 is 0 Å². The molecule has 3 aromatic heterocycles. The topological polar surface area (TPSA) is 89.9 Å². The molecular formula is C21H19BrN6O. The number of nitrogen functional groups attached to an aromatic ring is 1. The molecule has 0 aliphatic heterocycles. The standard InChI is InChI=1S/C21H19BrN6O/c1-27-19-16-8-12(2-7-18(16)26-20(23)17(19)10-25-27)21(29)28(15-5-6-15)11-14-4-3-13(22)9-24-14/h2-4,7-10,15H,5-6,11H2,1H3,(H2,23,26). The summed E-state index contributed by atoms with van der Waals surface area (Å²) in [5.74, 6) is 0.451. The zero-order valence-corrected chi connectivity index (χ0v) is 17.4. The highest BCUT2D eigenvalue weighted by atomic mass is 79.9. The van der Waals surface area contributed by atoms with Crippen molar-refractivity contribution in [3.05, 3.63) is 58.5 Å². The van der Waals surface area contributed by atoms with Crippen molar-refractivity contribution in [2.24, 2.45) is 7.05 Å². The van der Waals surface area contributed by atoms with Gasteiger partial charge in [0.05, 0.1) is 34.9 Å². The van der Waals surface area contributed by atoms with Crippen molar-refractivity contribution in [3.63, 3.8) is 0 Å². The zero-order valence-electron chi connectivity index (χ0n) is 15.8. The minimum absolute atomic E-state index is 0.00580. The molecule has 8 heteroatoms. The molecular weight excluding hydrogens is 432 g/mol. The molecule has 0 bridgehead atoms. The van der Waals surface area contributed by atoms with Crippen LogP contribution < -0.4 is 5.73 Å². The first-order valence-corrected chi connectivity index (χ1v) is 10.2. The van der Waals surface area contributed by atoms with E-state index in [1.165, 1.54) is 0 Å².